The second kappa shape index (κ2) is 4.08. The highest BCUT2D eigenvalue weighted by Gasteiger charge is 2.30. The summed E-state index contributed by atoms with van der Waals surface area (Å²) >= 11 is 0. The largest absolute Gasteiger partial charge is 0.369 e. The first-order valence-electron chi connectivity index (χ1n) is 6.14. The van der Waals surface area contributed by atoms with Gasteiger partial charge in [0.25, 0.3) is 0 Å². The van der Waals surface area contributed by atoms with E-state index in [4.69, 9.17) is 5.73 Å². The first-order valence-corrected chi connectivity index (χ1v) is 6.14. The molecule has 1 saturated heterocycles. The molecule has 0 bridgehead atoms. The topological polar surface area (TPSA) is 90.0 Å². The van der Waals surface area contributed by atoms with E-state index < -0.39 is 6.04 Å². The molecule has 0 radical (unpaired) electrons. The van der Waals surface area contributed by atoms with Gasteiger partial charge in [0.15, 0.2) is 0 Å². The number of imide groups is 1. The van der Waals surface area contributed by atoms with Crippen LogP contribution in [0.4, 0.5) is 5.95 Å². The van der Waals surface area contributed by atoms with Crippen LogP contribution < -0.4 is 11.1 Å². The third kappa shape index (κ3) is 1.85. The van der Waals surface area contributed by atoms with E-state index in [1.807, 2.05) is 25.1 Å². The standard InChI is InChI=1S/C13H14N4O2/c1-7-2-3-9-8(6-7)15-13(14)17(9)10-4-5-11(18)16-12(10)19/h2-3,6,10H,4-5H2,1H3,(H2,14,15)(H,16,18,19). The van der Waals surface area contributed by atoms with Crippen molar-refractivity contribution in [2.75, 3.05) is 5.73 Å². The van der Waals surface area contributed by atoms with Gasteiger partial charge in [0.1, 0.15) is 6.04 Å². The summed E-state index contributed by atoms with van der Waals surface area (Å²) in [4.78, 5) is 27.4. The number of imidazole rings is 1. The number of hydrogen-bond acceptors (Lipinski definition) is 4. The molecular weight excluding hydrogens is 244 g/mol. The quantitative estimate of drug-likeness (QED) is 0.744. The van der Waals surface area contributed by atoms with Gasteiger partial charge in [0.2, 0.25) is 17.8 Å². The van der Waals surface area contributed by atoms with Gasteiger partial charge in [-0.1, -0.05) is 6.07 Å². The van der Waals surface area contributed by atoms with Gasteiger partial charge < -0.3 is 5.73 Å². The molecule has 2 heterocycles. The van der Waals surface area contributed by atoms with Crippen LogP contribution in [0.25, 0.3) is 11.0 Å². The number of aromatic nitrogens is 2. The second-order valence-corrected chi connectivity index (χ2v) is 4.80. The van der Waals surface area contributed by atoms with Gasteiger partial charge in [-0.25, -0.2) is 4.98 Å². The minimum atomic E-state index is -0.467. The molecule has 2 aromatic rings. The summed E-state index contributed by atoms with van der Waals surface area (Å²) in [6, 6.07) is 5.31. The molecule has 1 aliphatic heterocycles. The molecule has 0 spiro atoms. The predicted octanol–water partition coefficient (Wildman–Crippen LogP) is 0.905. The van der Waals surface area contributed by atoms with Crippen molar-refractivity contribution in [3.8, 4) is 0 Å². The Balaban J connectivity index is 2.12. The van der Waals surface area contributed by atoms with Crippen LogP contribution in [-0.2, 0) is 9.59 Å². The number of aryl methyl sites for hydroxylation is 1. The Morgan fingerprint density at radius 1 is 1.42 bits per heavy atom. The third-order valence-electron chi connectivity index (χ3n) is 3.39. The Bertz CT molecular complexity index is 689. The van der Waals surface area contributed by atoms with Gasteiger partial charge in [-0.05, 0) is 31.0 Å². The Morgan fingerprint density at radius 3 is 2.95 bits per heavy atom. The van der Waals surface area contributed by atoms with E-state index in [1.165, 1.54) is 0 Å². The van der Waals surface area contributed by atoms with E-state index in [-0.39, 0.29) is 11.8 Å². The number of carbonyl (C=O) groups is 2. The molecule has 1 aromatic carbocycles. The van der Waals surface area contributed by atoms with Gasteiger partial charge >= 0.3 is 0 Å². The molecule has 6 nitrogen and oxygen atoms in total. The number of hydrogen-bond donors (Lipinski definition) is 2. The maximum atomic E-state index is 11.9. The number of fused-ring (bicyclic) bond motifs is 1. The van der Waals surface area contributed by atoms with E-state index in [0.29, 0.717) is 18.8 Å². The minimum Gasteiger partial charge on any atom is -0.369 e. The molecule has 0 saturated carbocycles. The number of nitrogen functional groups attached to an aromatic ring is 1. The molecule has 0 aliphatic carbocycles. The van der Waals surface area contributed by atoms with Crippen molar-refractivity contribution in [3.05, 3.63) is 23.8 Å². The van der Waals surface area contributed by atoms with E-state index >= 15 is 0 Å². The fourth-order valence-electron chi connectivity index (χ4n) is 2.48. The number of nitrogens with two attached hydrogens (primary N) is 1. The Kier molecular flexibility index (Phi) is 2.51. The van der Waals surface area contributed by atoms with Crippen molar-refractivity contribution in [2.45, 2.75) is 25.8 Å². The SMILES string of the molecule is Cc1ccc2c(c1)nc(N)n2C1CCC(=O)NC1=O. The molecule has 19 heavy (non-hydrogen) atoms. The van der Waals surface area contributed by atoms with Crippen molar-refractivity contribution in [2.24, 2.45) is 0 Å². The van der Waals surface area contributed by atoms with Gasteiger partial charge in [0.05, 0.1) is 11.0 Å². The predicted molar refractivity (Wildman–Crippen MR) is 70.3 cm³/mol. The van der Waals surface area contributed by atoms with E-state index in [0.717, 1.165) is 16.6 Å². The van der Waals surface area contributed by atoms with Crippen molar-refractivity contribution >= 4 is 28.8 Å². The van der Waals surface area contributed by atoms with E-state index in [1.54, 1.807) is 4.57 Å². The Hall–Kier alpha value is -2.37. The zero-order chi connectivity index (χ0) is 13.6. The van der Waals surface area contributed by atoms with Crippen LogP contribution in [0.3, 0.4) is 0 Å². The van der Waals surface area contributed by atoms with Crippen LogP contribution in [0, 0.1) is 6.92 Å². The molecule has 1 aliphatic rings. The maximum Gasteiger partial charge on any atom is 0.249 e. The zero-order valence-corrected chi connectivity index (χ0v) is 10.5. The van der Waals surface area contributed by atoms with Crippen LogP contribution in [0.15, 0.2) is 18.2 Å². The van der Waals surface area contributed by atoms with E-state index in [9.17, 15) is 9.59 Å². The number of nitrogens with one attached hydrogen (secondary N) is 1. The summed E-state index contributed by atoms with van der Waals surface area (Å²) in [5.74, 6) is -0.252. The fourth-order valence-corrected chi connectivity index (χ4v) is 2.48. The van der Waals surface area contributed by atoms with Gasteiger partial charge in [-0.3, -0.25) is 19.5 Å². The normalized spacial score (nSPS) is 19.7. The average Bonchev–Trinajstić information content (AvgIpc) is 2.65. The van der Waals surface area contributed by atoms with Gasteiger partial charge in [0, 0.05) is 6.42 Å². The summed E-state index contributed by atoms with van der Waals surface area (Å²) < 4.78 is 1.70. The highest BCUT2D eigenvalue weighted by atomic mass is 16.2. The summed E-state index contributed by atoms with van der Waals surface area (Å²) in [7, 11) is 0. The molecule has 1 aromatic heterocycles. The van der Waals surface area contributed by atoms with Crippen LogP contribution in [-0.4, -0.2) is 21.4 Å². The smallest absolute Gasteiger partial charge is 0.249 e. The molecule has 1 unspecified atom stereocenters. The zero-order valence-electron chi connectivity index (χ0n) is 10.5. The lowest BCUT2D eigenvalue weighted by atomic mass is 10.1. The summed E-state index contributed by atoms with van der Waals surface area (Å²) in [5.41, 5.74) is 8.58. The number of carbonyl (C=O) groups excluding carboxylic acids is 2. The Labute approximate surface area is 109 Å². The molecule has 3 N–H and O–H groups in total. The molecule has 2 amide bonds. The fraction of sp³-hybridized carbons (Fsp3) is 0.308. The number of amides is 2. The third-order valence-corrected chi connectivity index (χ3v) is 3.39. The van der Waals surface area contributed by atoms with Crippen molar-refractivity contribution in [3.63, 3.8) is 0 Å². The number of rotatable bonds is 1. The number of benzene rings is 1. The van der Waals surface area contributed by atoms with Crippen molar-refractivity contribution in [1.82, 2.24) is 14.9 Å². The molecule has 1 fully saturated rings. The number of piperidine rings is 1. The van der Waals surface area contributed by atoms with Crippen LogP contribution in [0.5, 0.6) is 0 Å². The molecule has 98 valence electrons. The summed E-state index contributed by atoms with van der Waals surface area (Å²) in [6.07, 6.45) is 0.773. The highest BCUT2D eigenvalue weighted by molar-refractivity contribution is 6.00. The minimum absolute atomic E-state index is 0.236. The first-order chi connectivity index (χ1) is 9.06. The van der Waals surface area contributed by atoms with Crippen LogP contribution >= 0.6 is 0 Å². The van der Waals surface area contributed by atoms with E-state index in [2.05, 4.69) is 10.3 Å². The summed E-state index contributed by atoms with van der Waals surface area (Å²) in [5, 5.41) is 2.34. The molecule has 1 atom stereocenters. The first kappa shape index (κ1) is 11.7. The number of anilines is 1. The maximum absolute atomic E-state index is 11.9. The lowest BCUT2D eigenvalue weighted by Gasteiger charge is -2.23. The second-order valence-electron chi connectivity index (χ2n) is 4.80. The van der Waals surface area contributed by atoms with Crippen LogP contribution in [0.2, 0.25) is 0 Å². The van der Waals surface area contributed by atoms with Crippen molar-refractivity contribution < 1.29 is 9.59 Å². The molecule has 6 heteroatoms. The van der Waals surface area contributed by atoms with Crippen molar-refractivity contribution in [1.29, 1.82) is 0 Å². The highest BCUT2D eigenvalue weighted by Crippen LogP contribution is 2.28. The molecular formula is C13H14N4O2. The monoisotopic (exact) mass is 258 g/mol. The van der Waals surface area contributed by atoms with Gasteiger partial charge in [-0.15, -0.1) is 0 Å². The average molecular weight is 258 g/mol. The summed E-state index contributed by atoms with van der Waals surface area (Å²) in [6.45, 7) is 1.97. The molecule has 3 rings (SSSR count). The lowest BCUT2D eigenvalue weighted by molar-refractivity contribution is -0.135. The Morgan fingerprint density at radius 2 is 2.21 bits per heavy atom. The van der Waals surface area contributed by atoms with Gasteiger partial charge in [-0.2, -0.15) is 0 Å². The van der Waals surface area contributed by atoms with Crippen LogP contribution in [0.1, 0.15) is 24.4 Å². The lowest BCUT2D eigenvalue weighted by Crippen LogP contribution is -2.41. The number of nitrogens with zero attached hydrogens (tertiary/aromatic N) is 2.